The van der Waals surface area contributed by atoms with Crippen LogP contribution in [0, 0.1) is 17.8 Å². The maximum absolute atomic E-state index is 12.9. The van der Waals surface area contributed by atoms with E-state index in [0.717, 1.165) is 32.1 Å². The highest BCUT2D eigenvalue weighted by Crippen LogP contribution is 2.42. The molecule has 1 amide bonds. The lowest BCUT2D eigenvalue weighted by atomic mass is 9.65. The van der Waals surface area contributed by atoms with Gasteiger partial charge in [-0.25, -0.2) is 0 Å². The maximum Gasteiger partial charge on any atom is 0.573 e. The summed E-state index contributed by atoms with van der Waals surface area (Å²) < 4.78 is 41.1. The molecule has 2 aliphatic carbocycles. The second-order valence-corrected chi connectivity index (χ2v) is 7.14. The van der Waals surface area contributed by atoms with Crippen LogP contribution in [0.15, 0.2) is 24.3 Å². The Labute approximate surface area is 157 Å². The van der Waals surface area contributed by atoms with Crippen LogP contribution >= 0.6 is 12.4 Å². The average Bonchev–Trinajstić information content (AvgIpc) is 2.52. The van der Waals surface area contributed by atoms with E-state index in [1.54, 1.807) is 13.1 Å². The van der Waals surface area contributed by atoms with Gasteiger partial charge in [0.05, 0.1) is 0 Å². The quantitative estimate of drug-likeness (QED) is 0.841. The Morgan fingerprint density at radius 2 is 1.85 bits per heavy atom. The third kappa shape index (κ3) is 4.62. The molecule has 2 bridgehead atoms. The van der Waals surface area contributed by atoms with Crippen molar-refractivity contribution >= 4 is 24.0 Å². The number of hydrogen-bond acceptors (Lipinski definition) is 3. The molecule has 2 unspecified atom stereocenters. The zero-order valence-electron chi connectivity index (χ0n) is 14.5. The first kappa shape index (κ1) is 20.8. The Balaban J connectivity index is 0.00000243. The molecule has 0 spiro atoms. The molecule has 0 radical (unpaired) electrons. The van der Waals surface area contributed by atoms with Crippen molar-refractivity contribution in [1.29, 1.82) is 0 Å². The summed E-state index contributed by atoms with van der Waals surface area (Å²) in [7, 11) is 1.60. The molecule has 0 heterocycles. The van der Waals surface area contributed by atoms with Gasteiger partial charge in [0.2, 0.25) is 5.91 Å². The van der Waals surface area contributed by atoms with Gasteiger partial charge in [-0.1, -0.05) is 12.5 Å². The first-order valence-electron chi connectivity index (χ1n) is 8.63. The topological polar surface area (TPSA) is 55.6 Å². The number of nitrogens with two attached hydrogens (primary N) is 1. The summed E-state index contributed by atoms with van der Waals surface area (Å²) in [5, 5.41) is 0. The second-order valence-electron chi connectivity index (χ2n) is 7.14. The van der Waals surface area contributed by atoms with Crippen molar-refractivity contribution in [2.75, 3.05) is 11.9 Å². The van der Waals surface area contributed by atoms with Crippen molar-refractivity contribution in [3.63, 3.8) is 0 Å². The van der Waals surface area contributed by atoms with Crippen LogP contribution in [-0.4, -0.2) is 25.4 Å². The van der Waals surface area contributed by atoms with Crippen molar-refractivity contribution in [2.45, 2.75) is 44.5 Å². The number of benzene rings is 1. The molecule has 2 N–H and O–H groups in total. The van der Waals surface area contributed by atoms with E-state index in [-0.39, 0.29) is 36.0 Å². The summed E-state index contributed by atoms with van der Waals surface area (Å²) in [6.45, 7) is 0. The molecule has 3 rings (SSSR count). The number of rotatable bonds is 3. The third-order valence-corrected chi connectivity index (χ3v) is 5.53. The number of ether oxygens (including phenoxy) is 1. The van der Waals surface area contributed by atoms with Crippen LogP contribution in [-0.2, 0) is 4.79 Å². The van der Waals surface area contributed by atoms with Crippen molar-refractivity contribution in [3.05, 3.63) is 24.3 Å². The number of anilines is 1. The summed E-state index contributed by atoms with van der Waals surface area (Å²) >= 11 is 0. The minimum absolute atomic E-state index is 0. The molecule has 2 fully saturated rings. The van der Waals surface area contributed by atoms with Gasteiger partial charge in [-0.05, 0) is 49.7 Å². The predicted octanol–water partition coefficient (Wildman–Crippen LogP) is 4.12. The van der Waals surface area contributed by atoms with Crippen LogP contribution in [0.5, 0.6) is 5.75 Å². The fraction of sp³-hybridized carbons (Fsp3) is 0.611. The van der Waals surface area contributed by atoms with E-state index in [1.165, 1.54) is 23.1 Å². The first-order valence-corrected chi connectivity index (χ1v) is 8.63. The summed E-state index contributed by atoms with van der Waals surface area (Å²) in [6.07, 6.45) is 0.0497. The Morgan fingerprint density at radius 3 is 2.42 bits per heavy atom. The minimum atomic E-state index is -4.75. The van der Waals surface area contributed by atoms with Crippen LogP contribution in [0.2, 0.25) is 0 Å². The molecule has 0 aromatic heterocycles. The van der Waals surface area contributed by atoms with Crippen molar-refractivity contribution in [2.24, 2.45) is 23.5 Å². The second kappa shape index (κ2) is 8.05. The molecule has 4 nitrogen and oxygen atoms in total. The van der Waals surface area contributed by atoms with E-state index in [2.05, 4.69) is 4.74 Å². The largest absolute Gasteiger partial charge is 0.573 e. The van der Waals surface area contributed by atoms with Gasteiger partial charge in [0.1, 0.15) is 5.75 Å². The van der Waals surface area contributed by atoms with E-state index in [9.17, 15) is 18.0 Å². The third-order valence-electron chi connectivity index (χ3n) is 5.53. The van der Waals surface area contributed by atoms with Gasteiger partial charge in [0.25, 0.3) is 0 Å². The van der Waals surface area contributed by atoms with Crippen LogP contribution < -0.4 is 15.4 Å². The minimum Gasteiger partial charge on any atom is -0.406 e. The normalized spacial score (nSPS) is 28.0. The van der Waals surface area contributed by atoms with E-state index in [0.29, 0.717) is 17.5 Å². The Kier molecular flexibility index (Phi) is 6.45. The highest BCUT2D eigenvalue weighted by atomic mass is 35.5. The van der Waals surface area contributed by atoms with E-state index >= 15 is 0 Å². The molecular formula is C18H24ClF3N2O2. The molecule has 2 aliphatic rings. The summed E-state index contributed by atoms with van der Waals surface area (Å²) in [4.78, 5) is 14.3. The fourth-order valence-electron chi connectivity index (χ4n) is 4.28. The van der Waals surface area contributed by atoms with Crippen LogP contribution in [0.3, 0.4) is 0 Å². The fourth-order valence-corrected chi connectivity index (χ4v) is 4.28. The smallest absolute Gasteiger partial charge is 0.406 e. The van der Waals surface area contributed by atoms with Gasteiger partial charge in [0, 0.05) is 30.8 Å². The Morgan fingerprint density at radius 1 is 1.23 bits per heavy atom. The lowest BCUT2D eigenvalue weighted by molar-refractivity contribution is -0.274. The number of amides is 1. The number of halogens is 4. The highest BCUT2D eigenvalue weighted by molar-refractivity contribution is 5.94. The zero-order valence-corrected chi connectivity index (χ0v) is 15.4. The number of carbonyl (C=O) groups excluding carboxylic acids is 1. The maximum atomic E-state index is 12.9. The number of alkyl halides is 3. The summed E-state index contributed by atoms with van der Waals surface area (Å²) in [5.41, 5.74) is 6.66. The van der Waals surface area contributed by atoms with Crippen LogP contribution in [0.25, 0.3) is 0 Å². The van der Waals surface area contributed by atoms with E-state index < -0.39 is 6.36 Å². The van der Waals surface area contributed by atoms with Gasteiger partial charge >= 0.3 is 6.36 Å². The average molecular weight is 393 g/mol. The molecule has 0 aliphatic heterocycles. The number of carbonyl (C=O) groups is 1. The molecule has 26 heavy (non-hydrogen) atoms. The molecule has 146 valence electrons. The highest BCUT2D eigenvalue weighted by Gasteiger charge is 2.41. The first-order chi connectivity index (χ1) is 11.7. The monoisotopic (exact) mass is 392 g/mol. The van der Waals surface area contributed by atoms with Gasteiger partial charge < -0.3 is 15.4 Å². The lowest BCUT2D eigenvalue weighted by Crippen LogP contribution is -2.49. The molecule has 2 atom stereocenters. The molecular weight excluding hydrogens is 369 g/mol. The molecule has 2 saturated carbocycles. The van der Waals surface area contributed by atoms with Crippen molar-refractivity contribution < 1.29 is 22.7 Å². The molecule has 0 saturated heterocycles. The summed E-state index contributed by atoms with van der Waals surface area (Å²) in [6, 6.07) is 5.69. The van der Waals surface area contributed by atoms with Gasteiger partial charge in [0.15, 0.2) is 0 Å². The van der Waals surface area contributed by atoms with Gasteiger partial charge in [-0.3, -0.25) is 4.79 Å². The van der Waals surface area contributed by atoms with Crippen molar-refractivity contribution in [3.8, 4) is 5.75 Å². The lowest BCUT2D eigenvalue weighted by Gasteiger charge is -2.44. The van der Waals surface area contributed by atoms with Gasteiger partial charge in [-0.15, -0.1) is 25.6 Å². The predicted molar refractivity (Wildman–Crippen MR) is 95.3 cm³/mol. The molecule has 1 aromatic carbocycles. The van der Waals surface area contributed by atoms with Crippen LogP contribution in [0.4, 0.5) is 18.9 Å². The Hall–Kier alpha value is -1.47. The molecule has 8 heteroatoms. The summed E-state index contributed by atoms with van der Waals surface area (Å²) in [5.74, 6) is 0.233. The van der Waals surface area contributed by atoms with E-state index in [1.807, 2.05) is 0 Å². The standard InChI is InChI=1S/C18H23F3N2O2.ClH/c1-23(14-6-3-7-15(10-14)25-18(19,20)21)17(24)13-8-11-4-2-5-12(9-13)16(11)22;/h3,6-7,10-13,16H,2,4-5,8-9,22H2,1H3;1H. The van der Waals surface area contributed by atoms with E-state index in [4.69, 9.17) is 5.73 Å². The van der Waals surface area contributed by atoms with Crippen molar-refractivity contribution in [1.82, 2.24) is 0 Å². The van der Waals surface area contributed by atoms with Gasteiger partial charge in [-0.2, -0.15) is 0 Å². The SMILES string of the molecule is CN(C(=O)C1CC2CCCC(C1)C2N)c1cccc(OC(F)(F)F)c1.Cl. The molecule has 1 aromatic rings. The number of nitrogens with zero attached hydrogens (tertiary/aromatic N) is 1. The number of hydrogen-bond donors (Lipinski definition) is 1. The zero-order chi connectivity index (χ0) is 18.2. The Bertz CT molecular complexity index is 627. The van der Waals surface area contributed by atoms with Crippen LogP contribution in [0.1, 0.15) is 32.1 Å². The number of fused-ring (bicyclic) bond motifs is 2.